The van der Waals surface area contributed by atoms with Crippen LogP contribution in [0.25, 0.3) is 11.1 Å². The van der Waals surface area contributed by atoms with Gasteiger partial charge in [-0.2, -0.15) is 0 Å². The first-order valence-electron chi connectivity index (χ1n) is 6.98. The smallest absolute Gasteiger partial charge is 0.120 e. The Labute approximate surface area is 120 Å². The molecule has 2 aromatic rings. The molecule has 0 amide bonds. The Morgan fingerprint density at radius 3 is 1.90 bits per heavy atom. The zero-order chi connectivity index (χ0) is 14.5. The van der Waals surface area contributed by atoms with Gasteiger partial charge in [0, 0.05) is 5.41 Å². The van der Waals surface area contributed by atoms with Crippen LogP contribution >= 0.6 is 0 Å². The van der Waals surface area contributed by atoms with E-state index in [1.165, 1.54) is 11.1 Å². The number of aliphatic hydroxyl groups is 1. The van der Waals surface area contributed by atoms with E-state index in [9.17, 15) is 5.11 Å². The lowest BCUT2D eigenvalue weighted by Gasteiger charge is -2.49. The summed E-state index contributed by atoms with van der Waals surface area (Å²) < 4.78 is 0. The minimum absolute atomic E-state index is 0.413. The summed E-state index contributed by atoms with van der Waals surface area (Å²) in [6, 6.07) is 16.4. The highest BCUT2D eigenvalue weighted by Crippen LogP contribution is 2.55. The lowest BCUT2D eigenvalue weighted by atomic mass is 9.58. The van der Waals surface area contributed by atoms with Gasteiger partial charge < -0.3 is 5.11 Å². The largest absolute Gasteiger partial charge is 0.380 e. The van der Waals surface area contributed by atoms with Crippen LogP contribution in [0.4, 0.5) is 0 Å². The van der Waals surface area contributed by atoms with Gasteiger partial charge in [0.2, 0.25) is 0 Å². The van der Waals surface area contributed by atoms with Gasteiger partial charge in [0.15, 0.2) is 0 Å². The van der Waals surface area contributed by atoms with Crippen LogP contribution in [0.2, 0.25) is 0 Å². The molecular weight excluding hydrogens is 244 g/mol. The highest BCUT2D eigenvalue weighted by atomic mass is 16.3. The fourth-order valence-electron chi connectivity index (χ4n) is 3.59. The molecule has 0 saturated carbocycles. The molecule has 1 atom stereocenters. The second-order valence-corrected chi connectivity index (χ2v) is 6.21. The molecule has 1 aliphatic rings. The standard InChI is InChI=1S/C19H20O/c1-13(2)19(20)17-12-8-6-10-15(17)14-9-5-7-11-16(14)18(19,3)4/h5-12,20H,1H2,2-4H3. The van der Waals surface area contributed by atoms with Crippen LogP contribution < -0.4 is 0 Å². The van der Waals surface area contributed by atoms with Crippen molar-refractivity contribution in [3.63, 3.8) is 0 Å². The average molecular weight is 264 g/mol. The molecule has 0 spiro atoms. The van der Waals surface area contributed by atoms with Crippen molar-refractivity contribution in [1.82, 2.24) is 0 Å². The first-order valence-corrected chi connectivity index (χ1v) is 6.98. The fourth-order valence-corrected chi connectivity index (χ4v) is 3.59. The normalized spacial score (nSPS) is 22.8. The molecule has 0 bridgehead atoms. The molecule has 0 radical (unpaired) electrons. The van der Waals surface area contributed by atoms with Gasteiger partial charge in [-0.25, -0.2) is 0 Å². The Bertz CT molecular complexity index is 696. The van der Waals surface area contributed by atoms with Crippen LogP contribution in [-0.4, -0.2) is 5.11 Å². The fraction of sp³-hybridized carbons (Fsp3) is 0.263. The van der Waals surface area contributed by atoms with E-state index in [-0.39, 0.29) is 0 Å². The first-order chi connectivity index (χ1) is 9.40. The van der Waals surface area contributed by atoms with Gasteiger partial charge in [0.05, 0.1) is 0 Å². The van der Waals surface area contributed by atoms with Crippen molar-refractivity contribution in [1.29, 1.82) is 0 Å². The summed E-state index contributed by atoms with van der Waals surface area (Å²) in [7, 11) is 0. The molecule has 3 rings (SSSR count). The van der Waals surface area contributed by atoms with E-state index in [1.54, 1.807) is 0 Å². The van der Waals surface area contributed by atoms with Crippen molar-refractivity contribution >= 4 is 0 Å². The monoisotopic (exact) mass is 264 g/mol. The summed E-state index contributed by atoms with van der Waals surface area (Å²) in [5, 5.41) is 11.5. The van der Waals surface area contributed by atoms with Crippen LogP contribution in [0.1, 0.15) is 31.9 Å². The lowest BCUT2D eigenvalue weighted by Crippen LogP contribution is -2.48. The maximum absolute atomic E-state index is 11.5. The molecule has 0 heterocycles. The number of benzene rings is 2. The molecule has 1 N–H and O–H groups in total. The van der Waals surface area contributed by atoms with Gasteiger partial charge in [-0.3, -0.25) is 0 Å². The first kappa shape index (κ1) is 13.1. The lowest BCUT2D eigenvalue weighted by molar-refractivity contribution is 0.00321. The van der Waals surface area contributed by atoms with Crippen molar-refractivity contribution < 1.29 is 5.11 Å². The summed E-state index contributed by atoms with van der Waals surface area (Å²) >= 11 is 0. The minimum atomic E-state index is -1.04. The van der Waals surface area contributed by atoms with E-state index >= 15 is 0 Å². The van der Waals surface area contributed by atoms with Crippen molar-refractivity contribution in [2.75, 3.05) is 0 Å². The van der Waals surface area contributed by atoms with Gasteiger partial charge in [-0.1, -0.05) is 69.0 Å². The highest BCUT2D eigenvalue weighted by molar-refractivity contribution is 5.78. The highest BCUT2D eigenvalue weighted by Gasteiger charge is 2.51. The third-order valence-electron chi connectivity index (χ3n) is 4.73. The number of rotatable bonds is 1. The predicted octanol–water partition coefficient (Wildman–Crippen LogP) is 4.41. The zero-order valence-corrected chi connectivity index (χ0v) is 12.3. The predicted molar refractivity (Wildman–Crippen MR) is 83.6 cm³/mol. The number of fused-ring (bicyclic) bond motifs is 3. The van der Waals surface area contributed by atoms with Crippen molar-refractivity contribution in [3.05, 3.63) is 71.8 Å². The number of hydrogen-bond acceptors (Lipinski definition) is 1. The molecule has 1 unspecified atom stereocenters. The third-order valence-corrected chi connectivity index (χ3v) is 4.73. The van der Waals surface area contributed by atoms with Gasteiger partial charge >= 0.3 is 0 Å². The van der Waals surface area contributed by atoms with Gasteiger partial charge in [0.1, 0.15) is 5.60 Å². The Morgan fingerprint density at radius 1 is 0.900 bits per heavy atom. The topological polar surface area (TPSA) is 20.2 Å². The van der Waals surface area contributed by atoms with Crippen LogP contribution in [-0.2, 0) is 11.0 Å². The maximum atomic E-state index is 11.5. The summed E-state index contributed by atoms with van der Waals surface area (Å²) in [5.41, 5.74) is 3.76. The van der Waals surface area contributed by atoms with E-state index < -0.39 is 11.0 Å². The van der Waals surface area contributed by atoms with E-state index in [4.69, 9.17) is 0 Å². The van der Waals surface area contributed by atoms with Crippen LogP contribution in [0, 0.1) is 0 Å². The molecule has 1 heteroatoms. The van der Waals surface area contributed by atoms with Gasteiger partial charge in [-0.05, 0) is 34.8 Å². The summed E-state index contributed by atoms with van der Waals surface area (Å²) in [5.74, 6) is 0. The molecule has 0 aliphatic heterocycles. The molecular formula is C19H20O. The van der Waals surface area contributed by atoms with E-state index in [2.05, 4.69) is 44.7 Å². The molecule has 1 aliphatic carbocycles. The molecule has 0 fully saturated rings. The Morgan fingerprint density at radius 2 is 1.35 bits per heavy atom. The molecule has 102 valence electrons. The average Bonchev–Trinajstić information content (AvgIpc) is 2.45. The van der Waals surface area contributed by atoms with Crippen molar-refractivity contribution in [2.45, 2.75) is 31.8 Å². The summed E-state index contributed by atoms with van der Waals surface area (Å²) in [6.07, 6.45) is 0. The van der Waals surface area contributed by atoms with Gasteiger partial charge in [-0.15, -0.1) is 0 Å². The molecule has 0 aromatic heterocycles. The van der Waals surface area contributed by atoms with E-state index in [0.29, 0.717) is 0 Å². The van der Waals surface area contributed by atoms with E-state index in [0.717, 1.165) is 16.7 Å². The van der Waals surface area contributed by atoms with Crippen LogP contribution in [0.5, 0.6) is 0 Å². The molecule has 20 heavy (non-hydrogen) atoms. The molecule has 0 saturated heterocycles. The summed E-state index contributed by atoms with van der Waals surface area (Å²) in [4.78, 5) is 0. The minimum Gasteiger partial charge on any atom is -0.380 e. The van der Waals surface area contributed by atoms with Crippen molar-refractivity contribution in [3.8, 4) is 11.1 Å². The van der Waals surface area contributed by atoms with Crippen molar-refractivity contribution in [2.24, 2.45) is 0 Å². The zero-order valence-electron chi connectivity index (χ0n) is 12.3. The quantitative estimate of drug-likeness (QED) is 0.756. The number of hydrogen-bond donors (Lipinski definition) is 1. The second-order valence-electron chi connectivity index (χ2n) is 6.21. The molecule has 1 nitrogen and oxygen atoms in total. The van der Waals surface area contributed by atoms with Crippen LogP contribution in [0.3, 0.4) is 0 Å². The molecule has 2 aromatic carbocycles. The van der Waals surface area contributed by atoms with Crippen LogP contribution in [0.15, 0.2) is 60.7 Å². The SMILES string of the molecule is C=C(C)C1(O)c2ccccc2-c2ccccc2C1(C)C. The Balaban J connectivity index is 2.46. The maximum Gasteiger partial charge on any atom is 0.120 e. The van der Waals surface area contributed by atoms with E-state index in [1.807, 2.05) is 31.2 Å². The second kappa shape index (κ2) is 4.07. The Hall–Kier alpha value is -1.86. The Kier molecular flexibility index (Phi) is 2.67. The third kappa shape index (κ3) is 1.41. The van der Waals surface area contributed by atoms with Gasteiger partial charge in [0.25, 0.3) is 0 Å². The summed E-state index contributed by atoms with van der Waals surface area (Å²) in [6.45, 7) is 10.2.